The Balaban J connectivity index is 2.33. The lowest BCUT2D eigenvalue weighted by molar-refractivity contribution is 0.627. The smallest absolute Gasteiger partial charge is 0.123 e. The zero-order valence-electron chi connectivity index (χ0n) is 7.71. The van der Waals surface area contributed by atoms with Gasteiger partial charge in [0.25, 0.3) is 0 Å². The first-order valence-electron chi connectivity index (χ1n) is 4.31. The largest absolute Gasteiger partial charge is 0.207 e. The number of thioether (sulfide) groups is 1. The maximum Gasteiger partial charge on any atom is 0.123 e. The quantitative estimate of drug-likeness (QED) is 0.546. The van der Waals surface area contributed by atoms with E-state index < -0.39 is 7.86 Å². The van der Waals surface area contributed by atoms with Crippen molar-refractivity contribution in [2.24, 2.45) is 0 Å². The minimum atomic E-state index is -0.655. The topological polar surface area (TPSA) is 0 Å². The van der Waals surface area contributed by atoms with Crippen LogP contribution < -0.4 is 0 Å². The lowest BCUT2D eigenvalue weighted by atomic mass is 10.1. The van der Waals surface area contributed by atoms with Gasteiger partial charge < -0.3 is 0 Å². The number of hydrogen-bond acceptors (Lipinski definition) is 1. The molecule has 2 unspecified atom stereocenters. The molecule has 0 fully saturated rings. The van der Waals surface area contributed by atoms with Gasteiger partial charge in [-0.3, -0.25) is 0 Å². The fourth-order valence-electron chi connectivity index (χ4n) is 1.38. The van der Waals surface area contributed by atoms with Crippen LogP contribution in [0.25, 0.3) is 0 Å². The van der Waals surface area contributed by atoms with Crippen LogP contribution in [0.1, 0.15) is 5.56 Å². The van der Waals surface area contributed by atoms with Gasteiger partial charge in [0.1, 0.15) is 13.7 Å². The van der Waals surface area contributed by atoms with Gasteiger partial charge in [0.05, 0.1) is 0 Å². The predicted octanol–water partition coefficient (Wildman–Crippen LogP) is 4.45. The van der Waals surface area contributed by atoms with Crippen molar-refractivity contribution in [2.75, 3.05) is 0 Å². The van der Waals surface area contributed by atoms with Gasteiger partial charge in [-0.15, -0.1) is 23.4 Å². The fraction of sp³-hybridized carbons (Fsp3) is 0.182. The van der Waals surface area contributed by atoms with Gasteiger partial charge in [0.2, 0.25) is 0 Å². The fourth-order valence-corrected chi connectivity index (χ4v) is 4.37. The molecule has 1 aliphatic heterocycles. The highest BCUT2D eigenvalue weighted by Gasteiger charge is 2.40. The Hall–Kier alpha value is 0.01000. The van der Waals surface area contributed by atoms with Gasteiger partial charge in [0, 0.05) is 0 Å². The van der Waals surface area contributed by atoms with Crippen LogP contribution in [-0.4, -0.2) is 4.21 Å². The number of hydrogen-bond donors (Lipinski definition) is 0. The first-order valence-corrected chi connectivity index (χ1v) is 6.30. The highest BCUT2D eigenvalue weighted by molar-refractivity contribution is 9.11. The highest BCUT2D eigenvalue weighted by atomic mass is 79.9. The van der Waals surface area contributed by atoms with Gasteiger partial charge >= 0.3 is 0 Å². The monoisotopic (exact) mass is 305 g/mol. The van der Waals surface area contributed by atoms with Crippen LogP contribution in [0.15, 0.2) is 36.4 Å². The zero-order valence-corrected chi connectivity index (χ0v) is 10.9. The molecule has 0 amide bonds. The summed E-state index contributed by atoms with van der Waals surface area (Å²) in [7, 11) is 0. The summed E-state index contributed by atoms with van der Waals surface area (Å²) < 4.78 is 11.7. The molecule has 0 N–H and O–H groups in total. The lowest BCUT2D eigenvalue weighted by Gasteiger charge is -2.23. The van der Waals surface area contributed by atoms with Gasteiger partial charge in [-0.2, -0.15) is 0 Å². The summed E-state index contributed by atoms with van der Waals surface area (Å²) in [4.78, 5) is 0. The van der Waals surface area contributed by atoms with E-state index in [0.717, 1.165) is 5.56 Å². The van der Waals surface area contributed by atoms with Crippen LogP contribution in [0, 0.1) is 12.7 Å². The molecule has 4 heteroatoms. The van der Waals surface area contributed by atoms with Crippen molar-refractivity contribution in [3.8, 4) is 0 Å². The number of benzene rings is 1. The minimum absolute atomic E-state index is 0.242. The average Bonchev–Trinajstić information content (AvgIpc) is 2.43. The maximum absolute atomic E-state index is 12.8. The van der Waals surface area contributed by atoms with E-state index in [1.165, 1.54) is 23.9 Å². The lowest BCUT2D eigenvalue weighted by Crippen LogP contribution is -2.11. The van der Waals surface area contributed by atoms with Crippen LogP contribution in [-0.2, 0) is 3.66 Å². The van der Waals surface area contributed by atoms with E-state index in [0.29, 0.717) is 0 Å². The Morgan fingerprint density at radius 2 is 1.87 bits per heavy atom. The summed E-state index contributed by atoms with van der Waals surface area (Å²) in [5.41, 5.74) is 0.955. The van der Waals surface area contributed by atoms with E-state index in [9.17, 15) is 4.39 Å². The van der Waals surface area contributed by atoms with Crippen molar-refractivity contribution >= 4 is 39.3 Å². The summed E-state index contributed by atoms with van der Waals surface area (Å²) in [5.74, 6) is -0.242. The molecular formula is C11H8BrClFS. The Morgan fingerprint density at radius 1 is 1.27 bits per heavy atom. The number of rotatable bonds is 1. The van der Waals surface area contributed by atoms with Crippen LogP contribution >= 0.6 is 39.3 Å². The third kappa shape index (κ3) is 2.40. The van der Waals surface area contributed by atoms with E-state index in [2.05, 4.69) is 22.9 Å². The van der Waals surface area contributed by atoms with Crippen molar-refractivity contribution in [1.82, 2.24) is 0 Å². The zero-order chi connectivity index (χ0) is 11.1. The molecule has 79 valence electrons. The summed E-state index contributed by atoms with van der Waals surface area (Å²) in [6, 6.07) is 6.34. The third-order valence-electron chi connectivity index (χ3n) is 2.10. The molecule has 2 rings (SSSR count). The van der Waals surface area contributed by atoms with Gasteiger partial charge in [0.15, 0.2) is 0 Å². The average molecular weight is 307 g/mol. The van der Waals surface area contributed by atoms with E-state index in [-0.39, 0.29) is 5.82 Å². The summed E-state index contributed by atoms with van der Waals surface area (Å²) >= 11 is 11.1. The van der Waals surface area contributed by atoms with Crippen molar-refractivity contribution < 1.29 is 4.39 Å². The summed E-state index contributed by atoms with van der Waals surface area (Å²) in [6.07, 6.45) is 3.77. The maximum atomic E-state index is 12.8. The minimum Gasteiger partial charge on any atom is -0.207 e. The first-order chi connectivity index (χ1) is 6.91. The predicted molar refractivity (Wildman–Crippen MR) is 67.7 cm³/mol. The molecule has 1 aromatic rings. The SMILES string of the molecule is [CH2]C1(Cl)C=CC(Br)(c2ccc(F)cc2)S1. The Labute approximate surface area is 106 Å². The van der Waals surface area contributed by atoms with Crippen molar-refractivity contribution in [2.45, 2.75) is 7.86 Å². The molecule has 1 aromatic carbocycles. The molecule has 0 aromatic heterocycles. The summed E-state index contributed by atoms with van der Waals surface area (Å²) in [5, 5.41) is 0. The van der Waals surface area contributed by atoms with E-state index in [4.69, 9.17) is 11.6 Å². The van der Waals surface area contributed by atoms with Crippen molar-refractivity contribution in [1.29, 1.82) is 0 Å². The second-order valence-corrected chi connectivity index (χ2v) is 7.62. The molecule has 0 nitrogen and oxygen atoms in total. The van der Waals surface area contributed by atoms with E-state index in [1.807, 2.05) is 12.2 Å². The number of halogens is 3. The molecule has 0 saturated carbocycles. The molecule has 0 saturated heterocycles. The molecule has 1 heterocycles. The molecule has 0 aliphatic carbocycles. The van der Waals surface area contributed by atoms with Crippen LogP contribution in [0.2, 0.25) is 0 Å². The molecule has 0 spiro atoms. The molecular weight excluding hydrogens is 299 g/mol. The first kappa shape index (κ1) is 11.5. The number of alkyl halides is 2. The molecule has 2 atom stereocenters. The second kappa shape index (κ2) is 3.79. The third-order valence-corrected chi connectivity index (χ3v) is 4.81. The van der Waals surface area contributed by atoms with Gasteiger partial charge in [-0.1, -0.05) is 40.2 Å². The molecule has 1 aliphatic rings. The van der Waals surface area contributed by atoms with Gasteiger partial charge in [-0.05, 0) is 24.6 Å². The Morgan fingerprint density at radius 3 is 2.33 bits per heavy atom. The van der Waals surface area contributed by atoms with Crippen molar-refractivity contribution in [3.63, 3.8) is 0 Å². The standard InChI is InChI=1S/C11H8BrClFS/c1-10(13)6-7-11(12,15-10)8-2-4-9(14)5-3-8/h2-7H,1H2. The second-order valence-electron chi connectivity index (χ2n) is 3.37. The van der Waals surface area contributed by atoms with Crippen LogP contribution in [0.5, 0.6) is 0 Å². The van der Waals surface area contributed by atoms with E-state index in [1.54, 1.807) is 12.1 Å². The Bertz CT molecular complexity index is 402. The highest BCUT2D eigenvalue weighted by Crippen LogP contribution is 2.56. The van der Waals surface area contributed by atoms with E-state index >= 15 is 0 Å². The van der Waals surface area contributed by atoms with Crippen LogP contribution in [0.3, 0.4) is 0 Å². The molecule has 15 heavy (non-hydrogen) atoms. The molecule has 0 bridgehead atoms. The van der Waals surface area contributed by atoms with Crippen LogP contribution in [0.4, 0.5) is 4.39 Å². The van der Waals surface area contributed by atoms with Gasteiger partial charge in [-0.25, -0.2) is 4.39 Å². The van der Waals surface area contributed by atoms with Crippen molar-refractivity contribution in [3.05, 3.63) is 54.7 Å². The normalized spacial score (nSPS) is 34.7. The Kier molecular flexibility index (Phi) is 2.91. The summed E-state index contributed by atoms with van der Waals surface area (Å²) in [6.45, 7) is 3.85. The molecule has 1 radical (unpaired) electrons.